The third-order valence-electron chi connectivity index (χ3n) is 5.14. The minimum atomic E-state index is -0.987. The second-order valence-electron chi connectivity index (χ2n) is 6.98. The number of nitrogens with one attached hydrogen (secondary N) is 1. The highest BCUT2D eigenvalue weighted by Crippen LogP contribution is 2.37. The lowest BCUT2D eigenvalue weighted by molar-refractivity contribution is -0.113. The van der Waals surface area contributed by atoms with Crippen LogP contribution in [0.5, 0.6) is 0 Å². The third kappa shape index (κ3) is 4.57. The standard InChI is InChI=1S/C19H21FN4O3S.ClH/c20-13-5-6-14(15-4-3-8-23(15)19(26)27)12(10-13)11-16-17(25)22-18(28-16)24-9-2-1-7-21-24;/h5-6,10-11,15,21H,1-4,7-9H2,(H,26,27);1H/b16-11+;. The van der Waals surface area contributed by atoms with Crippen molar-refractivity contribution in [2.24, 2.45) is 4.99 Å². The molecule has 0 saturated carbocycles. The van der Waals surface area contributed by atoms with Crippen LogP contribution in [0, 0.1) is 5.82 Å². The first-order valence-corrected chi connectivity index (χ1v) is 10.2. The molecule has 3 aliphatic heterocycles. The summed E-state index contributed by atoms with van der Waals surface area (Å²) in [6.07, 6.45) is 4.18. The number of aliphatic imine (C=N–C) groups is 1. The first kappa shape index (κ1) is 21.6. The van der Waals surface area contributed by atoms with E-state index in [0.29, 0.717) is 34.2 Å². The van der Waals surface area contributed by atoms with Crippen LogP contribution in [0.15, 0.2) is 28.1 Å². The number of amides is 2. The SMILES string of the molecule is Cl.O=C1N=C(N2CCCCN2)S/C1=C/c1cc(F)ccc1C1CCCN1C(=O)O. The van der Waals surface area contributed by atoms with E-state index in [2.05, 4.69) is 10.4 Å². The number of carboxylic acid groups (broad SMARTS) is 1. The van der Waals surface area contributed by atoms with Crippen LogP contribution in [0.1, 0.15) is 42.9 Å². The number of amidine groups is 1. The Bertz CT molecular complexity index is 873. The maximum absolute atomic E-state index is 13.9. The molecular weight excluding hydrogens is 419 g/mol. The van der Waals surface area contributed by atoms with E-state index in [4.69, 9.17) is 0 Å². The summed E-state index contributed by atoms with van der Waals surface area (Å²) in [5.74, 6) is -0.783. The topological polar surface area (TPSA) is 85.2 Å². The lowest BCUT2D eigenvalue weighted by Gasteiger charge is -2.28. The van der Waals surface area contributed by atoms with E-state index >= 15 is 0 Å². The van der Waals surface area contributed by atoms with Gasteiger partial charge in [-0.3, -0.25) is 9.80 Å². The van der Waals surface area contributed by atoms with Gasteiger partial charge in [0.25, 0.3) is 5.91 Å². The zero-order chi connectivity index (χ0) is 19.7. The van der Waals surface area contributed by atoms with Crippen LogP contribution in [0.4, 0.5) is 9.18 Å². The second kappa shape index (κ2) is 9.15. The molecule has 0 spiro atoms. The van der Waals surface area contributed by atoms with Gasteiger partial charge in [0.1, 0.15) is 5.82 Å². The molecule has 156 valence electrons. The first-order valence-electron chi connectivity index (χ1n) is 9.35. The van der Waals surface area contributed by atoms with Gasteiger partial charge in [-0.25, -0.2) is 14.6 Å². The predicted octanol–water partition coefficient (Wildman–Crippen LogP) is 3.63. The van der Waals surface area contributed by atoms with Crippen molar-refractivity contribution in [1.82, 2.24) is 15.3 Å². The van der Waals surface area contributed by atoms with Crippen LogP contribution in [-0.2, 0) is 4.79 Å². The molecule has 2 saturated heterocycles. The van der Waals surface area contributed by atoms with Crippen molar-refractivity contribution in [1.29, 1.82) is 0 Å². The molecule has 2 amide bonds. The quantitative estimate of drug-likeness (QED) is 0.683. The maximum Gasteiger partial charge on any atom is 0.407 e. The van der Waals surface area contributed by atoms with E-state index in [1.807, 2.05) is 5.01 Å². The van der Waals surface area contributed by atoms with Gasteiger partial charge >= 0.3 is 6.09 Å². The summed E-state index contributed by atoms with van der Waals surface area (Å²) in [7, 11) is 0. The maximum atomic E-state index is 13.9. The monoisotopic (exact) mass is 440 g/mol. The summed E-state index contributed by atoms with van der Waals surface area (Å²) in [4.78, 5) is 29.8. The molecule has 2 fully saturated rings. The Balaban J connectivity index is 0.00000240. The van der Waals surface area contributed by atoms with Crippen LogP contribution >= 0.6 is 24.2 Å². The van der Waals surface area contributed by atoms with Gasteiger partial charge in [0.05, 0.1) is 10.9 Å². The van der Waals surface area contributed by atoms with E-state index in [0.717, 1.165) is 32.4 Å². The van der Waals surface area contributed by atoms with E-state index in [1.54, 1.807) is 12.1 Å². The van der Waals surface area contributed by atoms with Crippen molar-refractivity contribution >= 4 is 47.4 Å². The summed E-state index contributed by atoms with van der Waals surface area (Å²) >= 11 is 1.26. The molecule has 0 bridgehead atoms. The third-order valence-corrected chi connectivity index (χ3v) is 6.15. The molecule has 2 N–H and O–H groups in total. The Hall–Kier alpha value is -2.10. The normalized spacial score (nSPS) is 23.3. The highest BCUT2D eigenvalue weighted by atomic mass is 35.5. The van der Waals surface area contributed by atoms with Crippen molar-refractivity contribution in [2.75, 3.05) is 19.6 Å². The number of nitrogens with zero attached hydrogens (tertiary/aromatic N) is 3. The number of likely N-dealkylation sites (tertiary alicyclic amines) is 1. The van der Waals surface area contributed by atoms with E-state index in [1.165, 1.54) is 28.8 Å². The van der Waals surface area contributed by atoms with Gasteiger partial charge < -0.3 is 10.0 Å². The second-order valence-corrected chi connectivity index (χ2v) is 7.99. The average Bonchev–Trinajstić information content (AvgIpc) is 3.30. The van der Waals surface area contributed by atoms with Gasteiger partial charge in [-0.1, -0.05) is 6.07 Å². The molecule has 1 atom stereocenters. The molecule has 3 heterocycles. The van der Waals surface area contributed by atoms with Crippen LogP contribution < -0.4 is 5.43 Å². The van der Waals surface area contributed by atoms with Crippen molar-refractivity contribution in [3.05, 3.63) is 40.0 Å². The van der Waals surface area contributed by atoms with Gasteiger partial charge in [0.2, 0.25) is 0 Å². The molecule has 0 aromatic heterocycles. The molecule has 1 aromatic rings. The Labute approximate surface area is 178 Å². The number of carbonyl (C=O) groups is 2. The average molecular weight is 441 g/mol. The Morgan fingerprint density at radius 2 is 2.14 bits per heavy atom. The summed E-state index contributed by atoms with van der Waals surface area (Å²) < 4.78 is 13.9. The highest BCUT2D eigenvalue weighted by Gasteiger charge is 2.32. The molecule has 4 rings (SSSR count). The zero-order valence-corrected chi connectivity index (χ0v) is 17.3. The Morgan fingerprint density at radius 3 is 2.86 bits per heavy atom. The lowest BCUT2D eigenvalue weighted by atomic mass is 9.98. The fourth-order valence-electron chi connectivity index (χ4n) is 3.80. The largest absolute Gasteiger partial charge is 0.465 e. The van der Waals surface area contributed by atoms with E-state index in [9.17, 15) is 19.1 Å². The zero-order valence-electron chi connectivity index (χ0n) is 15.6. The minimum absolute atomic E-state index is 0. The molecular formula is C19H22ClFN4O3S. The van der Waals surface area contributed by atoms with Crippen LogP contribution in [-0.4, -0.2) is 51.8 Å². The molecule has 29 heavy (non-hydrogen) atoms. The van der Waals surface area contributed by atoms with E-state index in [-0.39, 0.29) is 24.4 Å². The van der Waals surface area contributed by atoms with Crippen LogP contribution in [0.3, 0.4) is 0 Å². The predicted molar refractivity (Wildman–Crippen MR) is 112 cm³/mol. The van der Waals surface area contributed by atoms with Gasteiger partial charge in [-0.05, 0) is 66.8 Å². The molecule has 3 aliphatic rings. The Morgan fingerprint density at radius 1 is 1.31 bits per heavy atom. The van der Waals surface area contributed by atoms with Gasteiger partial charge in [0.15, 0.2) is 5.17 Å². The van der Waals surface area contributed by atoms with Crippen molar-refractivity contribution in [2.45, 2.75) is 31.7 Å². The minimum Gasteiger partial charge on any atom is -0.465 e. The van der Waals surface area contributed by atoms with Gasteiger partial charge in [-0.15, -0.1) is 12.4 Å². The number of carbonyl (C=O) groups excluding carboxylic acids is 1. The summed E-state index contributed by atoms with van der Waals surface area (Å²) in [5.41, 5.74) is 4.46. The first-order chi connectivity index (χ1) is 13.5. The highest BCUT2D eigenvalue weighted by molar-refractivity contribution is 8.18. The van der Waals surface area contributed by atoms with Gasteiger partial charge in [-0.2, -0.15) is 4.99 Å². The smallest absolute Gasteiger partial charge is 0.407 e. The van der Waals surface area contributed by atoms with Crippen molar-refractivity contribution in [3.63, 3.8) is 0 Å². The molecule has 0 aliphatic carbocycles. The summed E-state index contributed by atoms with van der Waals surface area (Å²) in [6.45, 7) is 2.08. The number of halogens is 2. The summed E-state index contributed by atoms with van der Waals surface area (Å²) in [5, 5.41) is 11.9. The Kier molecular flexibility index (Phi) is 6.81. The lowest BCUT2D eigenvalue weighted by Crippen LogP contribution is -2.45. The van der Waals surface area contributed by atoms with E-state index < -0.39 is 11.9 Å². The number of rotatable bonds is 2. The molecule has 7 nitrogen and oxygen atoms in total. The van der Waals surface area contributed by atoms with Crippen LogP contribution in [0.2, 0.25) is 0 Å². The number of hydrogen-bond donors (Lipinski definition) is 2. The number of hydrazine groups is 1. The molecule has 1 aromatic carbocycles. The van der Waals surface area contributed by atoms with Crippen molar-refractivity contribution in [3.8, 4) is 0 Å². The summed E-state index contributed by atoms with van der Waals surface area (Å²) in [6, 6.07) is 3.96. The van der Waals surface area contributed by atoms with Crippen molar-refractivity contribution < 1.29 is 19.1 Å². The fraction of sp³-hybridized carbons (Fsp3) is 0.421. The molecule has 1 unspecified atom stereocenters. The molecule has 10 heteroatoms. The fourth-order valence-corrected chi connectivity index (χ4v) is 4.71. The number of hydrogen-bond acceptors (Lipinski definition) is 5. The van der Waals surface area contributed by atoms with Crippen LogP contribution in [0.25, 0.3) is 6.08 Å². The molecule has 0 radical (unpaired) electrons. The number of thioether (sulfide) groups is 1. The van der Waals surface area contributed by atoms with Gasteiger partial charge in [0, 0.05) is 19.6 Å². The number of benzene rings is 1.